The molecule has 3 atom stereocenters. The number of carbonyl (C=O) groups excluding carboxylic acids is 1. The summed E-state index contributed by atoms with van der Waals surface area (Å²) in [6.07, 6.45) is 0. The molecular weight excluding hydrogens is 277 g/mol. The van der Waals surface area contributed by atoms with Gasteiger partial charge < -0.3 is 10.2 Å². The van der Waals surface area contributed by atoms with Crippen LogP contribution in [0.5, 0.6) is 0 Å². The van der Waals surface area contributed by atoms with Crippen molar-refractivity contribution in [2.24, 2.45) is 11.8 Å². The van der Waals surface area contributed by atoms with Crippen molar-refractivity contribution < 1.29 is 14.1 Å². The van der Waals surface area contributed by atoms with Crippen molar-refractivity contribution in [3.05, 3.63) is 39.7 Å². The van der Waals surface area contributed by atoms with E-state index in [4.69, 9.17) is 0 Å². The normalized spacial score (nSPS) is 27.7. The molecule has 2 fully saturated rings. The van der Waals surface area contributed by atoms with Crippen LogP contribution in [-0.4, -0.2) is 41.4 Å². The predicted molar refractivity (Wildman–Crippen MR) is 73.4 cm³/mol. The molecular formula is C14H16FN3O3. The second kappa shape index (κ2) is 5.07. The highest BCUT2D eigenvalue weighted by atomic mass is 19.1. The van der Waals surface area contributed by atoms with Crippen molar-refractivity contribution in [3.8, 4) is 0 Å². The zero-order valence-corrected chi connectivity index (χ0v) is 11.6. The van der Waals surface area contributed by atoms with E-state index in [1.165, 1.54) is 12.1 Å². The van der Waals surface area contributed by atoms with Gasteiger partial charge in [0, 0.05) is 31.7 Å². The number of nitrogens with zero attached hydrogens (tertiary/aromatic N) is 2. The quantitative estimate of drug-likeness (QED) is 0.661. The second-order valence-electron chi connectivity index (χ2n) is 5.70. The Morgan fingerprint density at radius 2 is 2.24 bits per heavy atom. The molecule has 2 saturated heterocycles. The first-order chi connectivity index (χ1) is 9.99. The van der Waals surface area contributed by atoms with Crippen LogP contribution in [0, 0.1) is 27.8 Å². The zero-order chi connectivity index (χ0) is 15.1. The number of non-ortho nitro benzene ring substituents is 1. The third-order valence-electron chi connectivity index (χ3n) is 4.59. The van der Waals surface area contributed by atoms with Gasteiger partial charge >= 0.3 is 0 Å². The van der Waals surface area contributed by atoms with Gasteiger partial charge in [0.25, 0.3) is 11.6 Å². The third kappa shape index (κ3) is 2.27. The molecule has 7 heteroatoms. The van der Waals surface area contributed by atoms with E-state index in [1.807, 2.05) is 6.92 Å². The van der Waals surface area contributed by atoms with E-state index in [0.717, 1.165) is 19.2 Å². The summed E-state index contributed by atoms with van der Waals surface area (Å²) in [6, 6.07) is 3.22. The van der Waals surface area contributed by atoms with E-state index in [0.29, 0.717) is 18.4 Å². The van der Waals surface area contributed by atoms with Crippen LogP contribution in [-0.2, 0) is 0 Å². The summed E-state index contributed by atoms with van der Waals surface area (Å²) in [6.45, 7) is 4.33. The van der Waals surface area contributed by atoms with Gasteiger partial charge in [0.15, 0.2) is 0 Å². The molecule has 0 aromatic heterocycles. The maximum Gasteiger partial charge on any atom is 0.272 e. The average Bonchev–Trinajstić information content (AvgIpc) is 3.01. The van der Waals surface area contributed by atoms with Crippen molar-refractivity contribution >= 4 is 11.6 Å². The van der Waals surface area contributed by atoms with Crippen LogP contribution >= 0.6 is 0 Å². The molecule has 112 valence electrons. The highest BCUT2D eigenvalue weighted by Crippen LogP contribution is 2.33. The average molecular weight is 293 g/mol. The standard InChI is InChI=1S/C14H16FN3O3/c1-8-12-6-16-5-9(12)7-17(8)14(19)11-3-2-10(18(20)21)4-13(11)15/h2-4,8-9,12,16H,5-7H2,1H3. The molecule has 0 radical (unpaired) electrons. The number of hydrogen-bond donors (Lipinski definition) is 1. The van der Waals surface area contributed by atoms with E-state index < -0.39 is 10.7 Å². The molecule has 1 amide bonds. The fraction of sp³-hybridized carbons (Fsp3) is 0.500. The van der Waals surface area contributed by atoms with Crippen LogP contribution < -0.4 is 5.32 Å². The molecule has 0 bridgehead atoms. The van der Waals surface area contributed by atoms with Gasteiger partial charge in [0.1, 0.15) is 5.82 Å². The Morgan fingerprint density at radius 1 is 1.48 bits per heavy atom. The number of nitrogens with one attached hydrogen (secondary N) is 1. The Labute approximate surface area is 121 Å². The minimum atomic E-state index is -0.836. The summed E-state index contributed by atoms with van der Waals surface area (Å²) in [5.74, 6) is -0.416. The van der Waals surface area contributed by atoms with E-state index in [1.54, 1.807) is 4.90 Å². The van der Waals surface area contributed by atoms with E-state index in [9.17, 15) is 19.3 Å². The largest absolute Gasteiger partial charge is 0.335 e. The van der Waals surface area contributed by atoms with Crippen LogP contribution in [0.3, 0.4) is 0 Å². The number of amides is 1. The molecule has 1 aromatic rings. The summed E-state index contributed by atoms with van der Waals surface area (Å²) in [7, 11) is 0. The van der Waals surface area contributed by atoms with Crippen molar-refractivity contribution in [1.29, 1.82) is 0 Å². The van der Waals surface area contributed by atoms with Crippen LogP contribution in [0.4, 0.5) is 10.1 Å². The first-order valence-electron chi connectivity index (χ1n) is 6.94. The smallest absolute Gasteiger partial charge is 0.272 e. The van der Waals surface area contributed by atoms with Gasteiger partial charge in [-0.1, -0.05) is 0 Å². The number of halogens is 1. The van der Waals surface area contributed by atoms with Gasteiger partial charge in [0.2, 0.25) is 0 Å². The zero-order valence-electron chi connectivity index (χ0n) is 11.6. The monoisotopic (exact) mass is 293 g/mol. The van der Waals surface area contributed by atoms with Gasteiger partial charge in [-0.3, -0.25) is 14.9 Å². The minimum absolute atomic E-state index is 0.0482. The van der Waals surface area contributed by atoms with Crippen molar-refractivity contribution in [2.45, 2.75) is 13.0 Å². The molecule has 6 nitrogen and oxygen atoms in total. The second-order valence-corrected chi connectivity index (χ2v) is 5.70. The minimum Gasteiger partial charge on any atom is -0.335 e. The molecule has 2 aliphatic heterocycles. The molecule has 0 aliphatic carbocycles. The lowest BCUT2D eigenvalue weighted by molar-refractivity contribution is -0.385. The fourth-order valence-corrected chi connectivity index (χ4v) is 3.38. The van der Waals surface area contributed by atoms with E-state index in [-0.39, 0.29) is 23.2 Å². The Morgan fingerprint density at radius 3 is 2.86 bits per heavy atom. The van der Waals surface area contributed by atoms with E-state index in [2.05, 4.69) is 5.32 Å². The maximum atomic E-state index is 14.0. The van der Waals surface area contributed by atoms with Crippen LogP contribution in [0.1, 0.15) is 17.3 Å². The first-order valence-corrected chi connectivity index (χ1v) is 6.94. The number of rotatable bonds is 2. The first kappa shape index (κ1) is 13.9. The summed E-state index contributed by atoms with van der Waals surface area (Å²) < 4.78 is 14.0. The number of likely N-dealkylation sites (tertiary alicyclic amines) is 1. The fourth-order valence-electron chi connectivity index (χ4n) is 3.38. The van der Waals surface area contributed by atoms with Gasteiger partial charge in [0.05, 0.1) is 16.6 Å². The van der Waals surface area contributed by atoms with Crippen molar-refractivity contribution in [3.63, 3.8) is 0 Å². The SMILES string of the molecule is CC1C2CNCC2CN1C(=O)c1ccc([N+](=O)[O-])cc1F. The van der Waals surface area contributed by atoms with Crippen LogP contribution in [0.25, 0.3) is 0 Å². The van der Waals surface area contributed by atoms with Gasteiger partial charge in [-0.05, 0) is 24.8 Å². The number of fused-ring (bicyclic) bond motifs is 1. The number of nitro groups is 1. The van der Waals surface area contributed by atoms with Crippen molar-refractivity contribution in [1.82, 2.24) is 10.2 Å². The molecule has 0 spiro atoms. The summed E-state index contributed by atoms with van der Waals surface area (Å²) in [5.41, 5.74) is -0.444. The van der Waals surface area contributed by atoms with Crippen molar-refractivity contribution in [2.75, 3.05) is 19.6 Å². The predicted octanol–water partition coefficient (Wildman–Crippen LogP) is 1.41. The number of nitro benzene ring substituents is 1. The summed E-state index contributed by atoms with van der Waals surface area (Å²) >= 11 is 0. The molecule has 0 saturated carbocycles. The Kier molecular flexibility index (Phi) is 3.36. The molecule has 1 aromatic carbocycles. The van der Waals surface area contributed by atoms with Gasteiger partial charge in [-0.15, -0.1) is 0 Å². The van der Waals surface area contributed by atoms with Gasteiger partial charge in [-0.2, -0.15) is 0 Å². The lowest BCUT2D eigenvalue weighted by Crippen LogP contribution is -2.38. The molecule has 3 rings (SSSR count). The molecule has 2 aliphatic rings. The molecule has 3 unspecified atom stereocenters. The van der Waals surface area contributed by atoms with E-state index >= 15 is 0 Å². The van der Waals surface area contributed by atoms with Crippen LogP contribution in [0.2, 0.25) is 0 Å². The lowest BCUT2D eigenvalue weighted by Gasteiger charge is -2.24. The maximum absolute atomic E-state index is 14.0. The lowest BCUT2D eigenvalue weighted by atomic mass is 9.95. The highest BCUT2D eigenvalue weighted by molar-refractivity contribution is 5.95. The molecule has 21 heavy (non-hydrogen) atoms. The number of benzene rings is 1. The Bertz CT molecular complexity index is 607. The summed E-state index contributed by atoms with van der Waals surface area (Å²) in [4.78, 5) is 24.1. The third-order valence-corrected chi connectivity index (χ3v) is 4.59. The number of carbonyl (C=O) groups is 1. The highest BCUT2D eigenvalue weighted by Gasteiger charge is 2.44. The topological polar surface area (TPSA) is 75.5 Å². The van der Waals surface area contributed by atoms with Crippen LogP contribution in [0.15, 0.2) is 18.2 Å². The summed E-state index contributed by atoms with van der Waals surface area (Å²) in [5, 5.41) is 13.9. The Hall–Kier alpha value is -2.02. The molecule has 2 heterocycles. The Balaban J connectivity index is 1.84. The number of hydrogen-bond acceptors (Lipinski definition) is 4. The molecule has 1 N–H and O–H groups in total. The van der Waals surface area contributed by atoms with Gasteiger partial charge in [-0.25, -0.2) is 4.39 Å².